The van der Waals surface area contributed by atoms with Gasteiger partial charge in [0.05, 0.1) is 7.11 Å². The van der Waals surface area contributed by atoms with Crippen molar-refractivity contribution in [2.45, 2.75) is 6.54 Å². The van der Waals surface area contributed by atoms with E-state index in [2.05, 4.69) is 14.7 Å². The molecular weight excluding hydrogens is 250 g/mol. The van der Waals surface area contributed by atoms with Crippen LogP contribution in [0.25, 0.3) is 0 Å². The summed E-state index contributed by atoms with van der Waals surface area (Å²) in [6, 6.07) is 5.72. The zero-order valence-corrected chi connectivity index (χ0v) is 10.5. The van der Waals surface area contributed by atoms with Crippen LogP contribution < -0.4 is 15.8 Å². The largest absolute Gasteiger partial charge is 0.481 e. The van der Waals surface area contributed by atoms with Crippen molar-refractivity contribution in [3.63, 3.8) is 0 Å². The maximum absolute atomic E-state index is 8.93. The summed E-state index contributed by atoms with van der Waals surface area (Å²) < 4.78 is 8.97. The Kier molecular flexibility index (Phi) is 3.60. The number of hydrogen-bond acceptors (Lipinski definition) is 7. The van der Waals surface area contributed by atoms with Gasteiger partial charge in [-0.05, 0) is 23.2 Å². The van der Waals surface area contributed by atoms with Gasteiger partial charge < -0.3 is 15.8 Å². The van der Waals surface area contributed by atoms with Crippen molar-refractivity contribution in [3.05, 3.63) is 29.5 Å². The molecule has 0 aliphatic heterocycles. The molecule has 3 N–H and O–H groups in total. The molecule has 6 nitrogen and oxygen atoms in total. The summed E-state index contributed by atoms with van der Waals surface area (Å²) in [6.45, 7) is 0.551. The van der Waals surface area contributed by atoms with Gasteiger partial charge >= 0.3 is 0 Å². The number of ether oxygens (including phenoxy) is 1. The number of anilines is 2. The standard InChI is InChI=1S/C11H11N5OS/c1-17-9-4-7(2-3-14-9)6-15-11-8(5-12)10(13)16-18-11/h2-4,15H,6H2,1H3,(H2,13,16). The molecule has 0 aromatic carbocycles. The number of nitrogens with zero attached hydrogens (tertiary/aromatic N) is 3. The maximum atomic E-state index is 8.93. The topological polar surface area (TPSA) is 96.9 Å². The molecule has 0 saturated heterocycles. The Morgan fingerprint density at radius 2 is 2.44 bits per heavy atom. The zero-order chi connectivity index (χ0) is 13.0. The lowest BCUT2D eigenvalue weighted by Crippen LogP contribution is -2.00. The number of nitrogens with two attached hydrogens (primary N) is 1. The number of nitrogen functional groups attached to an aromatic ring is 1. The van der Waals surface area contributed by atoms with E-state index in [1.165, 1.54) is 11.5 Å². The second-order valence-electron chi connectivity index (χ2n) is 3.44. The Morgan fingerprint density at radius 1 is 1.61 bits per heavy atom. The first-order valence-electron chi connectivity index (χ1n) is 5.12. The highest BCUT2D eigenvalue weighted by Crippen LogP contribution is 2.26. The molecule has 0 aliphatic rings. The minimum Gasteiger partial charge on any atom is -0.481 e. The van der Waals surface area contributed by atoms with Crippen LogP contribution in [0.3, 0.4) is 0 Å². The minimum atomic E-state index is 0.261. The molecule has 18 heavy (non-hydrogen) atoms. The van der Waals surface area contributed by atoms with Gasteiger partial charge in [-0.25, -0.2) is 4.98 Å². The van der Waals surface area contributed by atoms with E-state index in [1.54, 1.807) is 13.3 Å². The average molecular weight is 261 g/mol. The minimum absolute atomic E-state index is 0.261. The first kappa shape index (κ1) is 12.1. The van der Waals surface area contributed by atoms with E-state index in [4.69, 9.17) is 15.7 Å². The quantitative estimate of drug-likeness (QED) is 0.867. The number of nitriles is 1. The molecule has 2 rings (SSSR count). The highest BCUT2D eigenvalue weighted by molar-refractivity contribution is 7.10. The molecule has 0 unspecified atom stereocenters. The lowest BCUT2D eigenvalue weighted by Gasteiger charge is -2.05. The van der Waals surface area contributed by atoms with Crippen LogP contribution in [0, 0.1) is 11.3 Å². The molecule has 0 amide bonds. The molecule has 0 fully saturated rings. The molecule has 2 aromatic heterocycles. The molecule has 0 spiro atoms. The third kappa shape index (κ3) is 2.49. The van der Waals surface area contributed by atoms with Crippen molar-refractivity contribution in [3.8, 4) is 11.9 Å². The summed E-state index contributed by atoms with van der Waals surface area (Å²) in [5, 5.41) is 12.7. The number of nitrogens with one attached hydrogen (secondary N) is 1. The van der Waals surface area contributed by atoms with Crippen LogP contribution in [0.15, 0.2) is 18.3 Å². The van der Waals surface area contributed by atoms with E-state index in [0.717, 1.165) is 5.56 Å². The summed E-state index contributed by atoms with van der Waals surface area (Å²) in [5.41, 5.74) is 6.96. The fourth-order valence-corrected chi connectivity index (χ4v) is 2.04. The molecule has 0 aliphatic carbocycles. The van der Waals surface area contributed by atoms with E-state index in [-0.39, 0.29) is 5.82 Å². The second-order valence-corrected chi connectivity index (χ2v) is 4.22. The first-order chi connectivity index (χ1) is 8.74. The lowest BCUT2D eigenvalue weighted by molar-refractivity contribution is 0.397. The molecule has 7 heteroatoms. The monoisotopic (exact) mass is 261 g/mol. The van der Waals surface area contributed by atoms with Crippen molar-refractivity contribution >= 4 is 22.4 Å². The number of rotatable bonds is 4. The van der Waals surface area contributed by atoms with E-state index >= 15 is 0 Å². The average Bonchev–Trinajstić information content (AvgIpc) is 2.77. The first-order valence-corrected chi connectivity index (χ1v) is 5.90. The van der Waals surface area contributed by atoms with Gasteiger partial charge in [-0.1, -0.05) is 0 Å². The Hall–Kier alpha value is -2.33. The van der Waals surface area contributed by atoms with Crippen molar-refractivity contribution in [2.75, 3.05) is 18.2 Å². The van der Waals surface area contributed by atoms with Gasteiger partial charge in [0, 0.05) is 18.8 Å². The van der Waals surface area contributed by atoms with E-state index < -0.39 is 0 Å². The van der Waals surface area contributed by atoms with Crippen molar-refractivity contribution < 1.29 is 4.74 Å². The fourth-order valence-electron chi connectivity index (χ4n) is 1.39. The third-order valence-electron chi connectivity index (χ3n) is 2.29. The summed E-state index contributed by atoms with van der Waals surface area (Å²) in [5.74, 6) is 0.816. The van der Waals surface area contributed by atoms with Crippen LogP contribution in [0.2, 0.25) is 0 Å². The van der Waals surface area contributed by atoms with Crippen LogP contribution in [-0.4, -0.2) is 16.5 Å². The molecule has 0 saturated carbocycles. The fraction of sp³-hybridized carbons (Fsp3) is 0.182. The number of methoxy groups -OCH3 is 1. The summed E-state index contributed by atoms with van der Waals surface area (Å²) in [7, 11) is 1.57. The Labute approximate surface area is 108 Å². The molecule has 0 radical (unpaired) electrons. The normalized spacial score (nSPS) is 9.78. The Balaban J connectivity index is 2.09. The number of pyridine rings is 1. The highest BCUT2D eigenvalue weighted by Gasteiger charge is 2.10. The SMILES string of the molecule is COc1cc(CNc2snc(N)c2C#N)ccn1. The van der Waals surface area contributed by atoms with E-state index in [9.17, 15) is 0 Å². The van der Waals surface area contributed by atoms with Crippen LogP contribution in [-0.2, 0) is 6.54 Å². The van der Waals surface area contributed by atoms with Gasteiger partial charge in [-0.2, -0.15) is 9.64 Å². The van der Waals surface area contributed by atoms with Crippen LogP contribution in [0.4, 0.5) is 10.8 Å². The lowest BCUT2D eigenvalue weighted by atomic mass is 10.2. The molecule has 2 heterocycles. The van der Waals surface area contributed by atoms with Gasteiger partial charge in [0.25, 0.3) is 0 Å². The van der Waals surface area contributed by atoms with Gasteiger partial charge in [0.1, 0.15) is 16.6 Å². The van der Waals surface area contributed by atoms with Gasteiger partial charge in [0.2, 0.25) is 5.88 Å². The molecule has 0 bridgehead atoms. The molecule has 2 aromatic rings. The van der Waals surface area contributed by atoms with Gasteiger partial charge in [-0.3, -0.25) is 0 Å². The Bertz CT molecular complexity index is 589. The molecular formula is C11H11N5OS. The second kappa shape index (κ2) is 5.33. The Morgan fingerprint density at radius 3 is 3.17 bits per heavy atom. The predicted octanol–water partition coefficient (Wildman–Crippen LogP) is 1.61. The molecule has 92 valence electrons. The maximum Gasteiger partial charge on any atom is 0.213 e. The van der Waals surface area contributed by atoms with Gasteiger partial charge in [-0.15, -0.1) is 0 Å². The molecule has 0 atom stereocenters. The zero-order valence-electron chi connectivity index (χ0n) is 9.67. The van der Waals surface area contributed by atoms with Crippen LogP contribution in [0.5, 0.6) is 5.88 Å². The number of hydrogen-bond donors (Lipinski definition) is 2. The summed E-state index contributed by atoms with van der Waals surface area (Å²) >= 11 is 1.17. The van der Waals surface area contributed by atoms with Crippen LogP contribution >= 0.6 is 11.5 Å². The summed E-state index contributed by atoms with van der Waals surface area (Å²) in [4.78, 5) is 4.02. The van der Waals surface area contributed by atoms with Crippen molar-refractivity contribution in [1.82, 2.24) is 9.36 Å². The predicted molar refractivity (Wildman–Crippen MR) is 69.4 cm³/mol. The van der Waals surface area contributed by atoms with E-state index in [0.29, 0.717) is 23.0 Å². The highest BCUT2D eigenvalue weighted by atomic mass is 32.1. The van der Waals surface area contributed by atoms with Crippen molar-refractivity contribution in [1.29, 1.82) is 5.26 Å². The van der Waals surface area contributed by atoms with Crippen LogP contribution in [0.1, 0.15) is 11.1 Å². The van der Waals surface area contributed by atoms with Gasteiger partial charge in [0.15, 0.2) is 5.82 Å². The summed E-state index contributed by atoms with van der Waals surface area (Å²) in [6.07, 6.45) is 1.67. The van der Waals surface area contributed by atoms with E-state index in [1.807, 2.05) is 18.2 Å². The number of aromatic nitrogens is 2. The smallest absolute Gasteiger partial charge is 0.213 e. The third-order valence-corrected chi connectivity index (χ3v) is 3.11. The van der Waals surface area contributed by atoms with Crippen molar-refractivity contribution in [2.24, 2.45) is 0 Å².